The summed E-state index contributed by atoms with van der Waals surface area (Å²) in [7, 11) is 0. The van der Waals surface area contributed by atoms with Crippen molar-refractivity contribution in [1.29, 1.82) is 0 Å². The van der Waals surface area contributed by atoms with Crippen molar-refractivity contribution in [2.75, 3.05) is 18.8 Å². The lowest BCUT2D eigenvalue weighted by molar-refractivity contribution is 0.248. The van der Waals surface area contributed by atoms with Crippen LogP contribution in [0.3, 0.4) is 0 Å². The van der Waals surface area contributed by atoms with E-state index in [9.17, 15) is 0 Å². The van der Waals surface area contributed by atoms with E-state index >= 15 is 0 Å². The Balaban J connectivity index is 1.88. The Morgan fingerprint density at radius 1 is 1.50 bits per heavy atom. The van der Waals surface area contributed by atoms with Crippen LogP contribution in [0.5, 0.6) is 0 Å². The summed E-state index contributed by atoms with van der Waals surface area (Å²) < 4.78 is 5.63. The Morgan fingerprint density at radius 3 is 3.00 bits per heavy atom. The third-order valence-corrected chi connectivity index (χ3v) is 4.35. The van der Waals surface area contributed by atoms with Crippen LogP contribution in [-0.4, -0.2) is 29.0 Å². The van der Waals surface area contributed by atoms with E-state index in [2.05, 4.69) is 23.6 Å². The maximum absolute atomic E-state index is 5.63. The molecule has 1 aliphatic rings. The van der Waals surface area contributed by atoms with Gasteiger partial charge in [0.25, 0.3) is 0 Å². The lowest BCUT2D eigenvalue weighted by atomic mass is 10.3. The minimum absolute atomic E-state index is 0.493. The number of hydrogen-bond donors (Lipinski definition) is 1. The molecule has 0 radical (unpaired) electrons. The molecule has 0 spiro atoms. The summed E-state index contributed by atoms with van der Waals surface area (Å²) in [4.78, 5) is 2.48. The highest BCUT2D eigenvalue weighted by atomic mass is 32.2. The number of rotatable bonds is 4. The number of hydrogen-bond acceptors (Lipinski definition) is 4. The van der Waals surface area contributed by atoms with Crippen molar-refractivity contribution >= 4 is 11.8 Å². The van der Waals surface area contributed by atoms with E-state index in [0.717, 1.165) is 23.3 Å². The van der Waals surface area contributed by atoms with Crippen LogP contribution in [-0.2, 0) is 13.1 Å². The zero-order valence-electron chi connectivity index (χ0n) is 9.82. The molecule has 1 saturated heterocycles. The smallest absolute Gasteiger partial charge is 0.118 e. The molecule has 4 heteroatoms. The van der Waals surface area contributed by atoms with Gasteiger partial charge >= 0.3 is 0 Å². The van der Waals surface area contributed by atoms with E-state index in [0.29, 0.717) is 6.54 Å². The van der Waals surface area contributed by atoms with Gasteiger partial charge in [0.05, 0.1) is 13.1 Å². The monoisotopic (exact) mass is 240 g/mol. The third kappa shape index (κ3) is 3.03. The minimum Gasteiger partial charge on any atom is -0.463 e. The summed E-state index contributed by atoms with van der Waals surface area (Å²) >= 11 is 2.09. The SMILES string of the molecule is CCC1CN(Cc2ccc(CN)o2)CCS1. The number of furan rings is 1. The van der Waals surface area contributed by atoms with Crippen LogP contribution in [0.25, 0.3) is 0 Å². The first-order chi connectivity index (χ1) is 7.81. The predicted molar refractivity (Wildman–Crippen MR) is 68.4 cm³/mol. The summed E-state index contributed by atoms with van der Waals surface area (Å²) in [6.07, 6.45) is 1.26. The highest BCUT2D eigenvalue weighted by Gasteiger charge is 2.19. The molecule has 2 N–H and O–H groups in total. The van der Waals surface area contributed by atoms with Crippen LogP contribution in [0, 0.1) is 0 Å². The Morgan fingerprint density at radius 2 is 2.31 bits per heavy atom. The molecule has 90 valence electrons. The van der Waals surface area contributed by atoms with Gasteiger partial charge < -0.3 is 10.2 Å². The molecule has 1 aromatic heterocycles. The van der Waals surface area contributed by atoms with Crippen molar-refractivity contribution < 1.29 is 4.42 Å². The summed E-state index contributed by atoms with van der Waals surface area (Å²) in [5.41, 5.74) is 5.53. The van der Waals surface area contributed by atoms with E-state index in [1.165, 1.54) is 25.3 Å². The average Bonchev–Trinajstić information content (AvgIpc) is 2.77. The first kappa shape index (κ1) is 12.0. The van der Waals surface area contributed by atoms with Gasteiger partial charge in [-0.3, -0.25) is 4.90 Å². The van der Waals surface area contributed by atoms with Crippen LogP contribution < -0.4 is 5.73 Å². The van der Waals surface area contributed by atoms with Crippen molar-refractivity contribution in [3.8, 4) is 0 Å². The van der Waals surface area contributed by atoms with E-state index in [1.807, 2.05) is 12.1 Å². The molecule has 16 heavy (non-hydrogen) atoms. The topological polar surface area (TPSA) is 42.4 Å². The third-order valence-electron chi connectivity index (χ3n) is 2.98. The van der Waals surface area contributed by atoms with Gasteiger partial charge in [-0.2, -0.15) is 11.8 Å². The molecule has 1 atom stereocenters. The van der Waals surface area contributed by atoms with Crippen LogP contribution in [0.1, 0.15) is 24.9 Å². The fourth-order valence-corrected chi connectivity index (χ4v) is 3.26. The lowest BCUT2D eigenvalue weighted by Gasteiger charge is -2.31. The van der Waals surface area contributed by atoms with Gasteiger partial charge in [0.1, 0.15) is 11.5 Å². The Labute approximate surface area is 101 Å². The minimum atomic E-state index is 0.493. The molecule has 0 aromatic carbocycles. The fraction of sp³-hybridized carbons (Fsp3) is 0.667. The zero-order chi connectivity index (χ0) is 11.4. The molecule has 3 nitrogen and oxygen atoms in total. The van der Waals surface area contributed by atoms with Gasteiger partial charge in [-0.05, 0) is 18.6 Å². The zero-order valence-corrected chi connectivity index (χ0v) is 10.6. The number of nitrogens with zero attached hydrogens (tertiary/aromatic N) is 1. The molecule has 2 heterocycles. The van der Waals surface area contributed by atoms with E-state index in [4.69, 9.17) is 10.2 Å². The second-order valence-corrected chi connectivity index (χ2v) is 5.62. The van der Waals surface area contributed by atoms with Gasteiger partial charge in [0, 0.05) is 24.1 Å². The summed E-state index contributed by atoms with van der Waals surface area (Å²) in [6.45, 7) is 6.03. The standard InChI is InChI=1S/C12H20N2OS/c1-2-12-9-14(5-6-16-12)8-11-4-3-10(7-13)15-11/h3-4,12H,2,5-9,13H2,1H3. The largest absolute Gasteiger partial charge is 0.463 e. The maximum Gasteiger partial charge on any atom is 0.118 e. The molecule has 0 amide bonds. The van der Waals surface area contributed by atoms with Crippen molar-refractivity contribution in [3.63, 3.8) is 0 Å². The molecular weight excluding hydrogens is 220 g/mol. The van der Waals surface area contributed by atoms with Gasteiger partial charge in [0.15, 0.2) is 0 Å². The predicted octanol–water partition coefficient (Wildman–Crippen LogP) is 2.07. The second-order valence-electron chi connectivity index (χ2n) is 4.21. The van der Waals surface area contributed by atoms with Crippen LogP contribution in [0.4, 0.5) is 0 Å². The molecule has 0 saturated carbocycles. The average molecular weight is 240 g/mol. The molecule has 0 aliphatic carbocycles. The van der Waals surface area contributed by atoms with Gasteiger partial charge in [0.2, 0.25) is 0 Å². The molecular formula is C12H20N2OS. The van der Waals surface area contributed by atoms with Crippen LogP contribution in [0.2, 0.25) is 0 Å². The normalized spacial score (nSPS) is 22.5. The second kappa shape index (κ2) is 5.75. The summed E-state index contributed by atoms with van der Waals surface area (Å²) in [5, 5.41) is 0.790. The molecule has 1 fully saturated rings. The molecule has 1 unspecified atom stereocenters. The first-order valence-electron chi connectivity index (χ1n) is 5.93. The lowest BCUT2D eigenvalue weighted by Crippen LogP contribution is -2.36. The van der Waals surface area contributed by atoms with Crippen molar-refractivity contribution in [3.05, 3.63) is 23.7 Å². The van der Waals surface area contributed by atoms with Crippen molar-refractivity contribution in [2.24, 2.45) is 5.73 Å². The van der Waals surface area contributed by atoms with E-state index in [1.54, 1.807) is 0 Å². The van der Waals surface area contributed by atoms with Crippen LogP contribution >= 0.6 is 11.8 Å². The maximum atomic E-state index is 5.63. The van der Waals surface area contributed by atoms with Crippen LogP contribution in [0.15, 0.2) is 16.5 Å². The molecule has 0 bridgehead atoms. The van der Waals surface area contributed by atoms with Gasteiger partial charge in [-0.15, -0.1) is 0 Å². The number of nitrogens with two attached hydrogens (primary N) is 1. The first-order valence-corrected chi connectivity index (χ1v) is 6.98. The molecule has 1 aliphatic heterocycles. The van der Waals surface area contributed by atoms with E-state index < -0.39 is 0 Å². The van der Waals surface area contributed by atoms with Crippen molar-refractivity contribution in [2.45, 2.75) is 31.7 Å². The Bertz CT molecular complexity index is 327. The Kier molecular flexibility index (Phi) is 4.32. The fourth-order valence-electron chi connectivity index (χ4n) is 2.01. The van der Waals surface area contributed by atoms with Gasteiger partial charge in [-0.25, -0.2) is 0 Å². The molecule has 2 rings (SSSR count). The highest BCUT2D eigenvalue weighted by Crippen LogP contribution is 2.22. The number of thioether (sulfide) groups is 1. The Hall–Kier alpha value is -0.450. The van der Waals surface area contributed by atoms with Crippen molar-refractivity contribution in [1.82, 2.24) is 4.90 Å². The summed E-state index contributed by atoms with van der Waals surface area (Å²) in [6, 6.07) is 4.02. The molecule has 1 aromatic rings. The highest BCUT2D eigenvalue weighted by molar-refractivity contribution is 8.00. The summed E-state index contributed by atoms with van der Waals surface area (Å²) in [5.74, 6) is 3.17. The van der Waals surface area contributed by atoms with E-state index in [-0.39, 0.29) is 0 Å². The quantitative estimate of drug-likeness (QED) is 0.875. The van der Waals surface area contributed by atoms with Gasteiger partial charge in [-0.1, -0.05) is 6.92 Å².